The Morgan fingerprint density at radius 3 is 2.47 bits per heavy atom. The first-order valence-corrected chi connectivity index (χ1v) is 13.1. The van der Waals surface area contributed by atoms with Gasteiger partial charge in [-0.2, -0.15) is 5.09 Å². The zero-order valence-corrected chi connectivity index (χ0v) is 22.7. The van der Waals surface area contributed by atoms with E-state index in [0.717, 1.165) is 13.1 Å². The van der Waals surface area contributed by atoms with Crippen molar-refractivity contribution in [3.63, 3.8) is 0 Å². The van der Waals surface area contributed by atoms with E-state index in [4.69, 9.17) is 36.3 Å². The maximum absolute atomic E-state index is 13.7. The average molecular weight is 573 g/mol. The highest BCUT2D eigenvalue weighted by molar-refractivity contribution is 7.71. The first kappa shape index (κ1) is 31.1. The summed E-state index contributed by atoms with van der Waals surface area (Å²) >= 11 is 4.85. The van der Waals surface area contributed by atoms with Crippen molar-refractivity contribution >= 4 is 25.9 Å². The monoisotopic (exact) mass is 572 g/mol. The van der Waals surface area contributed by atoms with Crippen LogP contribution in [0, 0.1) is 4.64 Å². The van der Waals surface area contributed by atoms with Gasteiger partial charge >= 0.3 is 19.4 Å². The molecule has 0 aliphatic carbocycles. The topological polar surface area (TPSA) is 210 Å². The van der Waals surface area contributed by atoms with Crippen molar-refractivity contribution in [1.29, 1.82) is 0 Å². The molecular weight excluding hydrogens is 543 g/mol. The Morgan fingerprint density at radius 1 is 1.26 bits per heavy atom. The first-order chi connectivity index (χ1) is 17.8. The van der Waals surface area contributed by atoms with Crippen LogP contribution in [0.3, 0.4) is 0 Å². The van der Waals surface area contributed by atoms with E-state index in [1.165, 1.54) is 25.1 Å². The Hall–Kier alpha value is -3.07. The number of aromatic nitrogens is 2. The second kappa shape index (κ2) is 13.6. The molecule has 1 heterocycles. The fourth-order valence-electron chi connectivity index (χ4n) is 2.82. The third kappa shape index (κ3) is 8.75. The van der Waals surface area contributed by atoms with Crippen molar-refractivity contribution in [2.45, 2.75) is 58.1 Å². The lowest BCUT2D eigenvalue weighted by molar-refractivity contribution is -0.259. The van der Waals surface area contributed by atoms with E-state index in [9.17, 15) is 24.4 Å². The van der Waals surface area contributed by atoms with Gasteiger partial charge in [-0.1, -0.05) is 35.5 Å². The van der Waals surface area contributed by atoms with Gasteiger partial charge in [-0.05, 0) is 51.4 Å². The number of carbonyl (C=O) groups is 1. The average Bonchev–Trinajstić information content (AvgIpc) is 2.82. The van der Waals surface area contributed by atoms with Gasteiger partial charge in [0.25, 0.3) is 0 Å². The van der Waals surface area contributed by atoms with Gasteiger partial charge in [0.2, 0.25) is 12.1 Å². The Kier molecular flexibility index (Phi) is 11.2. The molecule has 2 aromatic rings. The Balaban J connectivity index is 2.39. The normalized spacial score (nSPS) is 16.8. The number of aromatic amines is 1. The van der Waals surface area contributed by atoms with E-state index >= 15 is 0 Å². The second-order valence-electron chi connectivity index (χ2n) is 8.18. The molecule has 0 amide bonds. The van der Waals surface area contributed by atoms with E-state index < -0.39 is 56.4 Å². The molecule has 208 valence electrons. The maximum Gasteiger partial charge on any atom is 0.459 e. The summed E-state index contributed by atoms with van der Waals surface area (Å²) in [6.45, 7) is 4.80. The smallest absolute Gasteiger partial charge is 0.459 e. The number of hydrogen-bond acceptors (Lipinski definition) is 11. The third-order valence-electron chi connectivity index (χ3n) is 4.73. The van der Waals surface area contributed by atoms with Crippen LogP contribution in [0.15, 0.2) is 52.5 Å². The number of aliphatic hydroxyl groups is 2. The number of aliphatic hydroxyl groups excluding tert-OH is 2. The summed E-state index contributed by atoms with van der Waals surface area (Å²) in [4.78, 5) is 29.4. The summed E-state index contributed by atoms with van der Waals surface area (Å²) in [7, 11) is -4.48. The standard InChI is InChI=1S/C21H29N6O9PS/c1-13(2)34-18(29)14(3)24-37(32,36-16-8-6-5-7-9-16)33-12-21(15(4)28,25-26-22)35-20(31)27-11-10-17(38)23-19(27)30/h5-11,13-15,20,28,31H,12H2,1-4H3,(H,24,32)(H,23,30,38)/t14-,15+,20?,21+,37?/m0/s1. The summed E-state index contributed by atoms with van der Waals surface area (Å²) < 4.78 is 35.9. The third-order valence-corrected chi connectivity index (χ3v) is 6.59. The molecule has 38 heavy (non-hydrogen) atoms. The van der Waals surface area contributed by atoms with Crippen LogP contribution in [0.5, 0.6) is 5.75 Å². The Bertz CT molecular complexity index is 1300. The van der Waals surface area contributed by atoms with Crippen LogP contribution in [0.2, 0.25) is 0 Å². The number of para-hydroxylation sites is 1. The van der Waals surface area contributed by atoms with Crippen LogP contribution >= 0.6 is 20.0 Å². The number of H-pyrrole nitrogens is 1. The summed E-state index contributed by atoms with van der Waals surface area (Å²) in [5, 5.41) is 26.8. The van der Waals surface area contributed by atoms with Crippen LogP contribution < -0.4 is 15.3 Å². The van der Waals surface area contributed by atoms with Crippen molar-refractivity contribution in [3.8, 4) is 5.75 Å². The van der Waals surface area contributed by atoms with Crippen molar-refractivity contribution in [2.24, 2.45) is 5.11 Å². The highest BCUT2D eigenvalue weighted by Crippen LogP contribution is 2.46. The fourth-order valence-corrected chi connectivity index (χ4v) is 4.48. The maximum atomic E-state index is 13.7. The molecule has 1 aromatic carbocycles. The molecule has 0 spiro atoms. The fraction of sp³-hybridized carbons (Fsp3) is 0.476. The van der Waals surface area contributed by atoms with Crippen molar-refractivity contribution in [3.05, 3.63) is 68.2 Å². The number of azide groups is 1. The number of nitrogens with one attached hydrogen (secondary N) is 2. The number of hydrogen-bond donors (Lipinski definition) is 4. The number of nitrogens with zero attached hydrogens (tertiary/aromatic N) is 4. The van der Waals surface area contributed by atoms with Gasteiger partial charge in [-0.15, -0.1) is 0 Å². The van der Waals surface area contributed by atoms with Gasteiger partial charge in [-0.25, -0.2) is 9.36 Å². The second-order valence-corrected chi connectivity index (χ2v) is 10.3. The lowest BCUT2D eigenvalue weighted by atomic mass is 10.1. The molecule has 15 nitrogen and oxygen atoms in total. The van der Waals surface area contributed by atoms with Crippen LogP contribution in [-0.4, -0.2) is 56.3 Å². The Morgan fingerprint density at radius 2 is 1.92 bits per heavy atom. The molecule has 17 heteroatoms. The van der Waals surface area contributed by atoms with E-state index in [-0.39, 0.29) is 10.4 Å². The minimum atomic E-state index is -4.48. The summed E-state index contributed by atoms with van der Waals surface area (Å²) in [5.41, 5.74) is 5.85. The van der Waals surface area contributed by atoms with Gasteiger partial charge in [0.05, 0.1) is 18.8 Å². The molecule has 0 fully saturated rings. The van der Waals surface area contributed by atoms with E-state index in [1.54, 1.807) is 32.0 Å². The van der Waals surface area contributed by atoms with Gasteiger partial charge in [0.1, 0.15) is 16.4 Å². The van der Waals surface area contributed by atoms with Crippen LogP contribution in [0.4, 0.5) is 0 Å². The summed E-state index contributed by atoms with van der Waals surface area (Å²) in [5.74, 6) is -0.670. The predicted molar refractivity (Wildman–Crippen MR) is 136 cm³/mol. The lowest BCUT2D eigenvalue weighted by Crippen LogP contribution is -2.48. The predicted octanol–water partition coefficient (Wildman–Crippen LogP) is 2.89. The highest BCUT2D eigenvalue weighted by atomic mass is 32.1. The molecule has 5 atom stereocenters. The van der Waals surface area contributed by atoms with Crippen molar-refractivity contribution < 1.29 is 38.1 Å². The van der Waals surface area contributed by atoms with Crippen LogP contribution in [0.1, 0.15) is 34.1 Å². The van der Waals surface area contributed by atoms with Crippen LogP contribution in [-0.2, 0) is 23.4 Å². The minimum Gasteiger partial charge on any atom is -0.462 e. The van der Waals surface area contributed by atoms with E-state index in [2.05, 4.69) is 20.1 Å². The van der Waals surface area contributed by atoms with Crippen LogP contribution in [0.25, 0.3) is 10.4 Å². The number of benzene rings is 1. The molecule has 1 aromatic heterocycles. The zero-order valence-electron chi connectivity index (χ0n) is 21.0. The highest BCUT2D eigenvalue weighted by Gasteiger charge is 2.43. The number of rotatable bonds is 14. The van der Waals surface area contributed by atoms with Crippen molar-refractivity contribution in [2.75, 3.05) is 6.61 Å². The SMILES string of the molecule is CC(C)OC(=O)[C@H](C)NP(=O)(OC[C@@](N=[N+]=[N-])(OC(O)n1ccc(=S)[nH]c1=O)[C@@H](C)O)Oc1ccccc1. The molecule has 2 unspecified atom stereocenters. The molecule has 0 bridgehead atoms. The largest absolute Gasteiger partial charge is 0.462 e. The molecule has 0 saturated heterocycles. The molecule has 0 radical (unpaired) electrons. The number of carbonyl (C=O) groups excluding carboxylic acids is 1. The van der Waals surface area contributed by atoms with Gasteiger partial charge in [-0.3, -0.25) is 18.9 Å². The molecule has 0 aliphatic rings. The van der Waals surface area contributed by atoms with Crippen molar-refractivity contribution in [1.82, 2.24) is 14.6 Å². The number of ether oxygens (including phenoxy) is 2. The Labute approximate surface area is 222 Å². The van der Waals surface area contributed by atoms with Gasteiger partial charge in [0.15, 0.2) is 0 Å². The van der Waals surface area contributed by atoms with Gasteiger partial charge in [0, 0.05) is 11.1 Å². The molecule has 0 aliphatic heterocycles. The van der Waals surface area contributed by atoms with E-state index in [1.807, 2.05) is 0 Å². The van der Waals surface area contributed by atoms with Gasteiger partial charge < -0.3 is 24.2 Å². The quantitative estimate of drug-likeness (QED) is 0.0492. The number of esters is 1. The molecule has 2 rings (SSSR count). The first-order valence-electron chi connectivity index (χ1n) is 11.2. The van der Waals surface area contributed by atoms with E-state index in [0.29, 0.717) is 4.57 Å². The lowest BCUT2D eigenvalue weighted by Gasteiger charge is -2.34. The summed E-state index contributed by atoms with van der Waals surface area (Å²) in [6, 6.07) is 7.90. The molecule has 0 saturated carbocycles. The zero-order chi connectivity index (χ0) is 28.5. The summed E-state index contributed by atoms with van der Waals surface area (Å²) in [6.07, 6.45) is -3.15. The molecule has 4 N–H and O–H groups in total. The minimum absolute atomic E-state index is 0.0776. The molecular formula is C21H29N6O9PS.